The van der Waals surface area contributed by atoms with Crippen LogP contribution in [0.2, 0.25) is 0 Å². The molecule has 1 unspecified atom stereocenters. The molecule has 5 nitrogen and oxygen atoms in total. The zero-order chi connectivity index (χ0) is 13.3. The Morgan fingerprint density at radius 1 is 1.44 bits per heavy atom. The van der Waals surface area contributed by atoms with E-state index in [0.717, 1.165) is 12.8 Å². The summed E-state index contributed by atoms with van der Waals surface area (Å²) in [6, 6.07) is 0. The number of aliphatic hydroxyl groups is 1. The monoisotopic (exact) mass is 258 g/mol. The standard InChI is InChI=1S/C11H16F2N4O/c1-5-9(14)16-11(6-2-3-6)17-10(5)15-4-7(18)8(12)13/h6-8,18H,2-4H2,1H3,(H3,14,15,16,17). The first-order chi connectivity index (χ1) is 8.49. The maximum absolute atomic E-state index is 12.2. The minimum atomic E-state index is -2.78. The second kappa shape index (κ2) is 5.01. The van der Waals surface area contributed by atoms with Crippen molar-refractivity contribution in [1.29, 1.82) is 0 Å². The molecule has 18 heavy (non-hydrogen) atoms. The normalized spacial score (nSPS) is 16.9. The van der Waals surface area contributed by atoms with Gasteiger partial charge in [0, 0.05) is 18.0 Å². The van der Waals surface area contributed by atoms with Crippen molar-refractivity contribution in [2.75, 3.05) is 17.6 Å². The molecule has 100 valence electrons. The van der Waals surface area contributed by atoms with E-state index in [4.69, 9.17) is 10.8 Å². The number of nitrogens with one attached hydrogen (secondary N) is 1. The minimum absolute atomic E-state index is 0.265. The largest absolute Gasteiger partial charge is 0.385 e. The number of aliphatic hydroxyl groups excluding tert-OH is 1. The quantitative estimate of drug-likeness (QED) is 0.741. The van der Waals surface area contributed by atoms with Crippen molar-refractivity contribution in [3.05, 3.63) is 11.4 Å². The van der Waals surface area contributed by atoms with Crippen molar-refractivity contribution in [2.45, 2.75) is 38.2 Å². The lowest BCUT2D eigenvalue weighted by atomic mass is 10.2. The van der Waals surface area contributed by atoms with Gasteiger partial charge in [-0.15, -0.1) is 0 Å². The Hall–Kier alpha value is -1.50. The van der Waals surface area contributed by atoms with Gasteiger partial charge in [0.05, 0.1) is 0 Å². The summed E-state index contributed by atoms with van der Waals surface area (Å²) in [4.78, 5) is 8.44. The number of rotatable bonds is 5. The summed E-state index contributed by atoms with van der Waals surface area (Å²) in [5, 5.41) is 11.7. The highest BCUT2D eigenvalue weighted by atomic mass is 19.3. The van der Waals surface area contributed by atoms with Crippen LogP contribution in [0.25, 0.3) is 0 Å². The highest BCUT2D eigenvalue weighted by molar-refractivity contribution is 5.55. The summed E-state index contributed by atoms with van der Waals surface area (Å²) >= 11 is 0. The zero-order valence-electron chi connectivity index (χ0n) is 10.0. The third-order valence-electron chi connectivity index (χ3n) is 2.91. The molecule has 0 bridgehead atoms. The Kier molecular flexibility index (Phi) is 3.60. The summed E-state index contributed by atoms with van der Waals surface area (Å²) in [7, 11) is 0. The van der Waals surface area contributed by atoms with Crippen molar-refractivity contribution in [3.63, 3.8) is 0 Å². The smallest absolute Gasteiger partial charge is 0.265 e. The van der Waals surface area contributed by atoms with Gasteiger partial charge in [0.1, 0.15) is 23.6 Å². The number of halogens is 2. The van der Waals surface area contributed by atoms with E-state index in [0.29, 0.717) is 28.9 Å². The lowest BCUT2D eigenvalue weighted by Gasteiger charge is -2.14. The van der Waals surface area contributed by atoms with Crippen LogP contribution in [0.1, 0.15) is 30.1 Å². The van der Waals surface area contributed by atoms with Crippen LogP contribution >= 0.6 is 0 Å². The number of aromatic nitrogens is 2. The van der Waals surface area contributed by atoms with Crippen LogP contribution in [-0.4, -0.2) is 34.1 Å². The average molecular weight is 258 g/mol. The summed E-state index contributed by atoms with van der Waals surface area (Å²) in [5.41, 5.74) is 6.36. The molecular weight excluding hydrogens is 242 g/mol. The van der Waals surface area contributed by atoms with Gasteiger partial charge in [-0.05, 0) is 19.8 Å². The molecule has 1 atom stereocenters. The number of nitrogens with two attached hydrogens (primary N) is 1. The van der Waals surface area contributed by atoms with Crippen LogP contribution in [0.3, 0.4) is 0 Å². The highest BCUT2D eigenvalue weighted by Crippen LogP contribution is 2.39. The summed E-state index contributed by atoms with van der Waals surface area (Å²) in [6.07, 6.45) is -2.44. The molecular formula is C11H16F2N4O. The minimum Gasteiger partial charge on any atom is -0.385 e. The second-order valence-corrected chi connectivity index (χ2v) is 4.50. The van der Waals surface area contributed by atoms with Crippen molar-refractivity contribution in [3.8, 4) is 0 Å². The van der Waals surface area contributed by atoms with Gasteiger partial charge in [0.2, 0.25) is 0 Å². The Labute approximate surface area is 103 Å². The third kappa shape index (κ3) is 2.84. The fourth-order valence-corrected chi connectivity index (χ4v) is 1.54. The van der Waals surface area contributed by atoms with Gasteiger partial charge in [0.15, 0.2) is 0 Å². The summed E-state index contributed by atoms with van der Waals surface area (Å²) in [6.45, 7) is 1.45. The van der Waals surface area contributed by atoms with Crippen LogP contribution in [0.4, 0.5) is 20.4 Å². The number of alkyl halides is 2. The first kappa shape index (κ1) is 12.9. The van der Waals surface area contributed by atoms with Crippen molar-refractivity contribution in [2.24, 2.45) is 0 Å². The van der Waals surface area contributed by atoms with Crippen molar-refractivity contribution in [1.82, 2.24) is 9.97 Å². The van der Waals surface area contributed by atoms with E-state index in [1.54, 1.807) is 6.92 Å². The molecule has 7 heteroatoms. The summed E-state index contributed by atoms with van der Waals surface area (Å²) in [5.74, 6) is 1.74. The Morgan fingerprint density at radius 2 is 2.11 bits per heavy atom. The molecule has 4 N–H and O–H groups in total. The first-order valence-electron chi connectivity index (χ1n) is 5.83. The number of nitrogens with zero attached hydrogens (tertiary/aromatic N) is 2. The molecule has 1 heterocycles. The molecule has 1 fully saturated rings. The van der Waals surface area contributed by atoms with Gasteiger partial charge in [-0.1, -0.05) is 0 Å². The zero-order valence-corrected chi connectivity index (χ0v) is 10.0. The predicted molar refractivity (Wildman–Crippen MR) is 63.7 cm³/mol. The van der Waals surface area contributed by atoms with Gasteiger partial charge in [0.25, 0.3) is 6.43 Å². The predicted octanol–water partition coefficient (Wildman–Crippen LogP) is 1.28. The van der Waals surface area contributed by atoms with Crippen molar-refractivity contribution < 1.29 is 13.9 Å². The van der Waals surface area contributed by atoms with Crippen molar-refractivity contribution >= 4 is 11.6 Å². The van der Waals surface area contributed by atoms with E-state index in [1.165, 1.54) is 0 Å². The van der Waals surface area contributed by atoms with E-state index in [9.17, 15) is 8.78 Å². The first-order valence-corrected chi connectivity index (χ1v) is 5.83. The van der Waals surface area contributed by atoms with Crippen LogP contribution in [0.15, 0.2) is 0 Å². The molecule has 1 saturated carbocycles. The van der Waals surface area contributed by atoms with Crippen LogP contribution in [-0.2, 0) is 0 Å². The topological polar surface area (TPSA) is 84.1 Å². The molecule has 2 rings (SSSR count). The molecule has 0 saturated heterocycles. The van der Waals surface area contributed by atoms with Crippen LogP contribution in [0, 0.1) is 6.92 Å². The lowest BCUT2D eigenvalue weighted by Crippen LogP contribution is -2.27. The lowest BCUT2D eigenvalue weighted by molar-refractivity contribution is 0.00380. The SMILES string of the molecule is Cc1c(N)nc(C2CC2)nc1NCC(O)C(F)F. The highest BCUT2D eigenvalue weighted by Gasteiger charge is 2.28. The fraction of sp³-hybridized carbons (Fsp3) is 0.636. The van der Waals surface area contributed by atoms with Crippen LogP contribution in [0.5, 0.6) is 0 Å². The maximum Gasteiger partial charge on any atom is 0.265 e. The molecule has 1 aliphatic carbocycles. The number of hydrogen-bond acceptors (Lipinski definition) is 5. The molecule has 0 spiro atoms. The average Bonchev–Trinajstić information content (AvgIpc) is 3.14. The fourth-order valence-electron chi connectivity index (χ4n) is 1.54. The van der Waals surface area contributed by atoms with Gasteiger partial charge in [-0.3, -0.25) is 0 Å². The third-order valence-corrected chi connectivity index (χ3v) is 2.91. The molecule has 0 aromatic carbocycles. The van der Waals surface area contributed by atoms with E-state index < -0.39 is 12.5 Å². The number of nitrogen functional groups attached to an aromatic ring is 1. The Balaban J connectivity index is 2.11. The van der Waals surface area contributed by atoms with Gasteiger partial charge in [-0.2, -0.15) is 0 Å². The molecule has 0 amide bonds. The summed E-state index contributed by atoms with van der Waals surface area (Å²) < 4.78 is 24.4. The number of hydrogen-bond donors (Lipinski definition) is 3. The van der Waals surface area contributed by atoms with E-state index >= 15 is 0 Å². The second-order valence-electron chi connectivity index (χ2n) is 4.50. The van der Waals surface area contributed by atoms with Gasteiger partial charge in [-0.25, -0.2) is 18.7 Å². The van der Waals surface area contributed by atoms with E-state index in [2.05, 4.69) is 15.3 Å². The van der Waals surface area contributed by atoms with E-state index in [1.807, 2.05) is 0 Å². The molecule has 0 radical (unpaired) electrons. The molecule has 1 aromatic heterocycles. The Bertz CT molecular complexity index is 437. The van der Waals surface area contributed by atoms with Crippen LogP contribution < -0.4 is 11.1 Å². The van der Waals surface area contributed by atoms with E-state index in [-0.39, 0.29) is 6.54 Å². The molecule has 1 aromatic rings. The number of anilines is 2. The Morgan fingerprint density at radius 3 is 2.67 bits per heavy atom. The van der Waals surface area contributed by atoms with Gasteiger partial charge < -0.3 is 16.2 Å². The molecule has 0 aliphatic heterocycles. The van der Waals surface area contributed by atoms with Gasteiger partial charge >= 0.3 is 0 Å². The maximum atomic E-state index is 12.2. The molecule has 1 aliphatic rings.